The van der Waals surface area contributed by atoms with E-state index in [1.165, 1.54) is 12.7 Å². The van der Waals surface area contributed by atoms with E-state index in [0.29, 0.717) is 24.0 Å². The molecule has 1 atom stereocenters. The number of H-pyrrole nitrogens is 1. The Labute approximate surface area is 126 Å². The van der Waals surface area contributed by atoms with E-state index in [1.54, 1.807) is 0 Å². The van der Waals surface area contributed by atoms with Crippen LogP contribution in [0.2, 0.25) is 5.15 Å². The Morgan fingerprint density at radius 3 is 3.19 bits per heavy atom. The fourth-order valence-corrected chi connectivity index (χ4v) is 2.59. The number of nitrogens with zero attached hydrogens (tertiary/aromatic N) is 3. The number of carbonyl (C=O) groups is 1. The van der Waals surface area contributed by atoms with E-state index in [-0.39, 0.29) is 23.1 Å². The maximum atomic E-state index is 11.9. The van der Waals surface area contributed by atoms with Crippen molar-refractivity contribution in [1.29, 1.82) is 0 Å². The lowest BCUT2D eigenvalue weighted by atomic mass is 10.0. The third-order valence-corrected chi connectivity index (χ3v) is 3.73. The van der Waals surface area contributed by atoms with Crippen LogP contribution in [0.3, 0.4) is 0 Å². The van der Waals surface area contributed by atoms with Crippen molar-refractivity contribution >= 4 is 34.6 Å². The van der Waals surface area contributed by atoms with Gasteiger partial charge in [-0.15, -0.1) is 0 Å². The Morgan fingerprint density at radius 1 is 1.48 bits per heavy atom. The summed E-state index contributed by atoms with van der Waals surface area (Å²) in [4.78, 5) is 26.9. The number of aromatic nitrogens is 4. The maximum absolute atomic E-state index is 11.9. The molecule has 1 fully saturated rings. The first-order valence-electron chi connectivity index (χ1n) is 7.00. The molecule has 1 aliphatic rings. The Kier molecular flexibility index (Phi) is 4.31. The van der Waals surface area contributed by atoms with E-state index in [2.05, 4.69) is 25.3 Å². The van der Waals surface area contributed by atoms with Gasteiger partial charge in [0.2, 0.25) is 11.9 Å². The number of ether oxygens (including phenoxy) is 1. The molecule has 3 rings (SSSR count). The van der Waals surface area contributed by atoms with Crippen LogP contribution < -0.4 is 5.32 Å². The Balaban J connectivity index is 1.57. The number of hydrogen-bond donors (Lipinski definition) is 2. The highest BCUT2D eigenvalue weighted by Gasteiger charge is 2.16. The van der Waals surface area contributed by atoms with E-state index in [9.17, 15) is 4.79 Å². The molecule has 0 spiro atoms. The van der Waals surface area contributed by atoms with E-state index >= 15 is 0 Å². The zero-order chi connectivity index (χ0) is 14.7. The molecular weight excluding hydrogens is 294 g/mol. The number of halogens is 1. The summed E-state index contributed by atoms with van der Waals surface area (Å²) in [6, 6.07) is 0. The van der Waals surface area contributed by atoms with Gasteiger partial charge in [-0.25, -0.2) is 4.98 Å². The van der Waals surface area contributed by atoms with Crippen LogP contribution in [0.25, 0.3) is 11.2 Å². The van der Waals surface area contributed by atoms with Gasteiger partial charge >= 0.3 is 0 Å². The van der Waals surface area contributed by atoms with Crippen molar-refractivity contribution < 1.29 is 9.53 Å². The summed E-state index contributed by atoms with van der Waals surface area (Å²) in [7, 11) is 0. The lowest BCUT2D eigenvalue weighted by molar-refractivity contribution is -0.117. The topological polar surface area (TPSA) is 92.8 Å². The van der Waals surface area contributed by atoms with Crippen molar-refractivity contribution in [1.82, 2.24) is 19.9 Å². The number of fused-ring (bicyclic) bond motifs is 1. The largest absolute Gasteiger partial charge is 0.378 e. The predicted octanol–water partition coefficient (Wildman–Crippen LogP) is 2.29. The number of anilines is 1. The Hall–Kier alpha value is -1.73. The highest BCUT2D eigenvalue weighted by Crippen LogP contribution is 2.19. The van der Waals surface area contributed by atoms with Crippen molar-refractivity contribution in [2.24, 2.45) is 0 Å². The molecule has 1 unspecified atom stereocenters. The van der Waals surface area contributed by atoms with Crippen LogP contribution in [0.15, 0.2) is 6.33 Å². The van der Waals surface area contributed by atoms with Crippen molar-refractivity contribution in [3.63, 3.8) is 0 Å². The standard InChI is InChI=1S/C13H16ClN5O2/c14-11-10-12(16-7-15-10)19-13(18-11)17-9(20)5-4-8-3-1-2-6-21-8/h7-8H,1-6H2,(H2,15,16,17,18,19,20). The molecule has 2 aromatic heterocycles. The minimum Gasteiger partial charge on any atom is -0.378 e. The Bertz CT molecular complexity index is 639. The number of aromatic amines is 1. The number of imidazole rings is 1. The molecule has 0 radical (unpaired) electrons. The third kappa shape index (κ3) is 3.48. The molecule has 2 N–H and O–H groups in total. The number of carbonyl (C=O) groups excluding carboxylic acids is 1. The van der Waals surface area contributed by atoms with Crippen LogP contribution in [-0.2, 0) is 9.53 Å². The molecule has 1 saturated heterocycles. The minimum absolute atomic E-state index is 0.143. The monoisotopic (exact) mass is 309 g/mol. The van der Waals surface area contributed by atoms with Gasteiger partial charge in [0.25, 0.3) is 0 Å². The van der Waals surface area contributed by atoms with Crippen LogP contribution in [0, 0.1) is 0 Å². The van der Waals surface area contributed by atoms with Gasteiger partial charge in [0.05, 0.1) is 12.4 Å². The summed E-state index contributed by atoms with van der Waals surface area (Å²) in [6.45, 7) is 0.792. The molecule has 21 heavy (non-hydrogen) atoms. The number of amides is 1. The third-order valence-electron chi connectivity index (χ3n) is 3.46. The first-order chi connectivity index (χ1) is 10.2. The Morgan fingerprint density at radius 2 is 2.38 bits per heavy atom. The molecule has 2 aromatic rings. The average Bonchev–Trinajstić information content (AvgIpc) is 2.95. The molecule has 0 aromatic carbocycles. The number of rotatable bonds is 4. The summed E-state index contributed by atoms with van der Waals surface area (Å²) in [5, 5.41) is 2.89. The molecule has 0 saturated carbocycles. The van der Waals surface area contributed by atoms with Gasteiger partial charge in [-0.3, -0.25) is 10.1 Å². The lowest BCUT2D eigenvalue weighted by Gasteiger charge is -2.22. The van der Waals surface area contributed by atoms with Crippen LogP contribution in [-0.4, -0.2) is 38.6 Å². The van der Waals surface area contributed by atoms with Crippen LogP contribution >= 0.6 is 11.6 Å². The fourth-order valence-electron chi connectivity index (χ4n) is 2.37. The van der Waals surface area contributed by atoms with Crippen LogP contribution in [0.5, 0.6) is 0 Å². The molecule has 3 heterocycles. The summed E-state index contributed by atoms with van der Waals surface area (Å²) in [5.74, 6) is 0.0317. The average molecular weight is 310 g/mol. The molecule has 7 nitrogen and oxygen atoms in total. The second-order valence-corrected chi connectivity index (χ2v) is 5.37. The summed E-state index contributed by atoms with van der Waals surface area (Å²) < 4.78 is 5.60. The van der Waals surface area contributed by atoms with Gasteiger partial charge in [-0.2, -0.15) is 9.97 Å². The summed E-state index contributed by atoms with van der Waals surface area (Å²) in [5.41, 5.74) is 0.992. The maximum Gasteiger partial charge on any atom is 0.233 e. The van der Waals surface area contributed by atoms with E-state index in [0.717, 1.165) is 19.4 Å². The van der Waals surface area contributed by atoms with Crippen molar-refractivity contribution in [2.75, 3.05) is 11.9 Å². The predicted molar refractivity (Wildman–Crippen MR) is 78.1 cm³/mol. The summed E-state index contributed by atoms with van der Waals surface area (Å²) in [6.07, 6.45) is 6.06. The van der Waals surface area contributed by atoms with Crippen molar-refractivity contribution in [3.05, 3.63) is 11.5 Å². The lowest BCUT2D eigenvalue weighted by Crippen LogP contribution is -2.22. The van der Waals surface area contributed by atoms with Crippen molar-refractivity contribution in [3.8, 4) is 0 Å². The zero-order valence-electron chi connectivity index (χ0n) is 11.4. The number of hydrogen-bond acceptors (Lipinski definition) is 5. The second kappa shape index (κ2) is 6.36. The molecular formula is C13H16ClN5O2. The molecule has 1 aliphatic heterocycles. The van der Waals surface area contributed by atoms with E-state index in [1.807, 2.05) is 0 Å². The first kappa shape index (κ1) is 14.2. The zero-order valence-corrected chi connectivity index (χ0v) is 12.2. The number of nitrogens with one attached hydrogen (secondary N) is 2. The molecule has 0 bridgehead atoms. The van der Waals surface area contributed by atoms with Crippen LogP contribution in [0.4, 0.5) is 5.95 Å². The van der Waals surface area contributed by atoms with Gasteiger partial charge < -0.3 is 9.72 Å². The SMILES string of the molecule is O=C(CCC1CCCCO1)Nc1nc(Cl)c2[nH]cnc2n1. The highest BCUT2D eigenvalue weighted by atomic mass is 35.5. The molecule has 8 heteroatoms. The molecule has 1 amide bonds. The minimum atomic E-state index is -0.143. The molecule has 112 valence electrons. The first-order valence-corrected chi connectivity index (χ1v) is 7.38. The quantitative estimate of drug-likeness (QED) is 0.845. The molecule has 0 aliphatic carbocycles. The van der Waals surface area contributed by atoms with Gasteiger partial charge in [-0.05, 0) is 25.7 Å². The van der Waals surface area contributed by atoms with Gasteiger partial charge in [-0.1, -0.05) is 11.6 Å². The highest BCUT2D eigenvalue weighted by molar-refractivity contribution is 6.33. The second-order valence-electron chi connectivity index (χ2n) is 5.01. The van der Waals surface area contributed by atoms with Crippen LogP contribution in [0.1, 0.15) is 32.1 Å². The smallest absolute Gasteiger partial charge is 0.233 e. The van der Waals surface area contributed by atoms with Gasteiger partial charge in [0, 0.05) is 13.0 Å². The summed E-state index contributed by atoms with van der Waals surface area (Å²) >= 11 is 5.99. The van der Waals surface area contributed by atoms with Crippen molar-refractivity contribution in [2.45, 2.75) is 38.2 Å². The van der Waals surface area contributed by atoms with Gasteiger partial charge in [0.1, 0.15) is 5.52 Å². The fraction of sp³-hybridized carbons (Fsp3) is 0.538. The van der Waals surface area contributed by atoms with Gasteiger partial charge in [0.15, 0.2) is 10.8 Å². The normalized spacial score (nSPS) is 18.8. The van der Waals surface area contributed by atoms with E-state index in [4.69, 9.17) is 16.3 Å². The van der Waals surface area contributed by atoms with E-state index < -0.39 is 0 Å².